The molecule has 3 heterocycles. The number of benzene rings is 1. The molecule has 0 aliphatic carbocycles. The quantitative estimate of drug-likeness (QED) is 0.822. The van der Waals surface area contributed by atoms with E-state index in [0.29, 0.717) is 13.2 Å². The van der Waals surface area contributed by atoms with Gasteiger partial charge < -0.3 is 19.7 Å². The molecule has 156 valence electrons. The topological polar surface area (TPSA) is 68.6 Å². The second kappa shape index (κ2) is 8.86. The van der Waals surface area contributed by atoms with Gasteiger partial charge in [0.05, 0.1) is 31.6 Å². The van der Waals surface area contributed by atoms with Crippen molar-refractivity contribution in [1.82, 2.24) is 14.7 Å². The Bertz CT molecular complexity index is 846. The minimum atomic E-state index is -0.0737. The fourth-order valence-corrected chi connectivity index (χ4v) is 4.32. The molecule has 0 spiro atoms. The Morgan fingerprint density at radius 2 is 2.10 bits per heavy atom. The van der Waals surface area contributed by atoms with Crippen molar-refractivity contribution < 1.29 is 14.3 Å². The summed E-state index contributed by atoms with van der Waals surface area (Å²) in [5.74, 6) is 0.804. The largest absolute Gasteiger partial charge is 0.494 e. The van der Waals surface area contributed by atoms with Gasteiger partial charge in [-0.05, 0) is 57.4 Å². The van der Waals surface area contributed by atoms with Gasteiger partial charge in [-0.3, -0.25) is 4.68 Å². The molecule has 7 heteroatoms. The highest BCUT2D eigenvalue weighted by atomic mass is 16.5. The van der Waals surface area contributed by atoms with Gasteiger partial charge in [-0.15, -0.1) is 0 Å². The van der Waals surface area contributed by atoms with Crippen molar-refractivity contribution in [3.05, 3.63) is 41.2 Å². The molecule has 1 aromatic heterocycles. The van der Waals surface area contributed by atoms with E-state index in [1.807, 2.05) is 36.1 Å². The number of ether oxygens (including phenoxy) is 2. The highest BCUT2D eigenvalue weighted by molar-refractivity contribution is 5.89. The molecule has 0 radical (unpaired) electrons. The normalized spacial score (nSPS) is 19.0. The first-order chi connectivity index (χ1) is 14.2. The van der Waals surface area contributed by atoms with Gasteiger partial charge in [-0.2, -0.15) is 5.10 Å². The first-order valence-corrected chi connectivity index (χ1v) is 10.7. The highest BCUT2D eigenvalue weighted by Crippen LogP contribution is 2.35. The molecular formula is C22H30N4O3. The first-order valence-electron chi connectivity index (χ1n) is 10.7. The molecule has 2 aliphatic heterocycles. The zero-order valence-electron chi connectivity index (χ0n) is 17.3. The van der Waals surface area contributed by atoms with Crippen LogP contribution in [0.2, 0.25) is 0 Å². The molecule has 0 saturated carbocycles. The Balaban J connectivity index is 1.55. The third-order valence-corrected chi connectivity index (χ3v) is 5.72. The summed E-state index contributed by atoms with van der Waals surface area (Å²) in [5, 5.41) is 7.95. The number of carbonyl (C=O) groups excluding carboxylic acids is 1. The minimum absolute atomic E-state index is 0.00491. The van der Waals surface area contributed by atoms with Crippen molar-refractivity contribution in [3.63, 3.8) is 0 Å². The zero-order chi connectivity index (χ0) is 20.2. The summed E-state index contributed by atoms with van der Waals surface area (Å²) in [7, 11) is 0. The van der Waals surface area contributed by atoms with Crippen LogP contribution in [0.4, 0.5) is 10.5 Å². The number of amides is 2. The maximum absolute atomic E-state index is 13.1. The molecule has 29 heavy (non-hydrogen) atoms. The molecule has 1 saturated heterocycles. The number of aromatic nitrogens is 2. The molecular weight excluding hydrogens is 368 g/mol. The molecule has 1 aromatic carbocycles. The summed E-state index contributed by atoms with van der Waals surface area (Å²) in [6.45, 7) is 7.61. The van der Waals surface area contributed by atoms with Crippen molar-refractivity contribution in [2.45, 2.75) is 58.7 Å². The number of hydrogen-bond acceptors (Lipinski definition) is 4. The number of nitrogens with one attached hydrogen (secondary N) is 1. The summed E-state index contributed by atoms with van der Waals surface area (Å²) in [4.78, 5) is 15.1. The molecule has 2 amide bonds. The minimum Gasteiger partial charge on any atom is -0.494 e. The van der Waals surface area contributed by atoms with Crippen LogP contribution in [0.3, 0.4) is 0 Å². The smallest absolute Gasteiger partial charge is 0.322 e. The number of fused-ring (bicyclic) bond motifs is 1. The van der Waals surface area contributed by atoms with E-state index in [2.05, 4.69) is 16.9 Å². The van der Waals surface area contributed by atoms with Gasteiger partial charge >= 0.3 is 6.03 Å². The fourth-order valence-electron chi connectivity index (χ4n) is 4.32. The molecule has 1 fully saturated rings. The van der Waals surface area contributed by atoms with Gasteiger partial charge in [-0.1, -0.05) is 0 Å². The monoisotopic (exact) mass is 398 g/mol. The van der Waals surface area contributed by atoms with Gasteiger partial charge in [0.1, 0.15) is 5.75 Å². The van der Waals surface area contributed by atoms with Gasteiger partial charge in [0.2, 0.25) is 0 Å². The SMILES string of the molecule is CCOc1ccc(NC(=O)N2CCCCC2c2nn(CC)c3c2COCC3)cc1. The molecule has 2 aliphatic rings. The maximum atomic E-state index is 13.1. The lowest BCUT2D eigenvalue weighted by molar-refractivity contribution is 0.106. The van der Waals surface area contributed by atoms with Gasteiger partial charge in [0, 0.05) is 36.5 Å². The summed E-state index contributed by atoms with van der Waals surface area (Å²) in [6, 6.07) is 7.43. The van der Waals surface area contributed by atoms with Crippen LogP contribution in [0, 0.1) is 0 Å². The molecule has 0 bridgehead atoms. The molecule has 2 aromatic rings. The van der Waals surface area contributed by atoms with E-state index >= 15 is 0 Å². The van der Waals surface area contributed by atoms with Gasteiger partial charge in [-0.25, -0.2) is 4.79 Å². The molecule has 7 nitrogen and oxygen atoms in total. The van der Waals surface area contributed by atoms with Crippen molar-refractivity contribution in [2.75, 3.05) is 25.1 Å². The predicted octanol–water partition coefficient (Wildman–Crippen LogP) is 4.13. The van der Waals surface area contributed by atoms with E-state index in [9.17, 15) is 4.79 Å². The van der Waals surface area contributed by atoms with Gasteiger partial charge in [0.15, 0.2) is 0 Å². The lowest BCUT2D eigenvalue weighted by atomic mass is 9.95. The highest BCUT2D eigenvalue weighted by Gasteiger charge is 2.34. The summed E-state index contributed by atoms with van der Waals surface area (Å²) < 4.78 is 13.3. The van der Waals surface area contributed by atoms with E-state index in [-0.39, 0.29) is 12.1 Å². The Labute approximate surface area is 172 Å². The van der Waals surface area contributed by atoms with E-state index in [1.165, 1.54) is 11.3 Å². The Kier molecular flexibility index (Phi) is 6.04. The average molecular weight is 399 g/mol. The number of likely N-dealkylation sites (tertiary alicyclic amines) is 1. The van der Waals surface area contributed by atoms with Crippen LogP contribution in [0.15, 0.2) is 24.3 Å². The maximum Gasteiger partial charge on any atom is 0.322 e. The lowest BCUT2D eigenvalue weighted by Gasteiger charge is -2.35. The number of urea groups is 1. The lowest BCUT2D eigenvalue weighted by Crippen LogP contribution is -2.41. The van der Waals surface area contributed by atoms with Crippen LogP contribution < -0.4 is 10.1 Å². The predicted molar refractivity (Wildman–Crippen MR) is 111 cm³/mol. The zero-order valence-corrected chi connectivity index (χ0v) is 17.3. The molecule has 1 N–H and O–H groups in total. The number of rotatable bonds is 5. The van der Waals surface area contributed by atoms with Crippen molar-refractivity contribution in [2.24, 2.45) is 0 Å². The van der Waals surface area contributed by atoms with Crippen LogP contribution in [-0.4, -0.2) is 40.5 Å². The number of nitrogens with zero attached hydrogens (tertiary/aromatic N) is 3. The van der Waals surface area contributed by atoms with Crippen LogP contribution in [0.5, 0.6) is 5.75 Å². The third-order valence-electron chi connectivity index (χ3n) is 5.72. The van der Waals surface area contributed by atoms with Crippen LogP contribution in [-0.2, 0) is 24.3 Å². The van der Waals surface area contributed by atoms with Gasteiger partial charge in [0.25, 0.3) is 0 Å². The van der Waals surface area contributed by atoms with Crippen molar-refractivity contribution in [1.29, 1.82) is 0 Å². The van der Waals surface area contributed by atoms with E-state index in [1.54, 1.807) is 0 Å². The van der Waals surface area contributed by atoms with E-state index < -0.39 is 0 Å². The number of aryl methyl sites for hydroxylation is 1. The van der Waals surface area contributed by atoms with Crippen LogP contribution >= 0.6 is 0 Å². The second-order valence-electron chi connectivity index (χ2n) is 7.52. The van der Waals surface area contributed by atoms with Crippen LogP contribution in [0.25, 0.3) is 0 Å². The third kappa shape index (κ3) is 4.10. The summed E-state index contributed by atoms with van der Waals surface area (Å²) in [5.41, 5.74) is 4.24. The van der Waals surface area contributed by atoms with E-state index in [4.69, 9.17) is 14.6 Å². The summed E-state index contributed by atoms with van der Waals surface area (Å²) >= 11 is 0. The number of hydrogen-bond donors (Lipinski definition) is 1. The Hall–Kier alpha value is -2.54. The van der Waals surface area contributed by atoms with Crippen molar-refractivity contribution in [3.8, 4) is 5.75 Å². The van der Waals surface area contributed by atoms with Crippen LogP contribution in [0.1, 0.15) is 56.1 Å². The summed E-state index contributed by atoms with van der Waals surface area (Å²) in [6.07, 6.45) is 3.94. The first kappa shape index (κ1) is 19.8. The number of anilines is 1. The molecule has 1 unspecified atom stereocenters. The number of piperidine rings is 1. The fraction of sp³-hybridized carbons (Fsp3) is 0.545. The second-order valence-corrected chi connectivity index (χ2v) is 7.52. The number of carbonyl (C=O) groups is 1. The molecule has 4 rings (SSSR count). The molecule has 1 atom stereocenters. The standard InChI is InChI=1S/C22H30N4O3/c1-3-26-19-12-14-28-15-18(19)21(24-26)20-7-5-6-13-25(20)22(27)23-16-8-10-17(11-9-16)29-4-2/h8-11,20H,3-7,12-15H2,1-2H3,(H,23,27). The Morgan fingerprint density at radius 1 is 1.28 bits per heavy atom. The van der Waals surface area contributed by atoms with E-state index in [0.717, 1.165) is 62.5 Å². The van der Waals surface area contributed by atoms with Crippen molar-refractivity contribution >= 4 is 11.7 Å². The Morgan fingerprint density at radius 3 is 2.86 bits per heavy atom. The average Bonchev–Trinajstić information content (AvgIpc) is 3.14.